The standard InChI is InChI=1S/C27H39N3O3/c1-6-8-11-21(7-2)27(32)30(20(3)4)19-25(31)29-17-16-28-15-10-14-24(28)26(29)22-12-9-13-23(18-22)33-5/h9-10,12-15,18,20-21,26H,6-8,11,16-17,19H2,1-5H3. The molecule has 6 heteroatoms. The molecule has 1 aromatic heterocycles. The normalized spacial score (nSPS) is 16.4. The van der Waals surface area contributed by atoms with E-state index in [2.05, 4.69) is 30.7 Å². The third kappa shape index (κ3) is 5.60. The number of hydrogen-bond donors (Lipinski definition) is 0. The van der Waals surface area contributed by atoms with Gasteiger partial charge in [0.2, 0.25) is 11.8 Å². The van der Waals surface area contributed by atoms with Crippen LogP contribution in [-0.4, -0.2) is 52.4 Å². The number of nitrogens with zero attached hydrogens (tertiary/aromatic N) is 3. The van der Waals surface area contributed by atoms with Gasteiger partial charge in [-0.3, -0.25) is 9.59 Å². The van der Waals surface area contributed by atoms with Crippen LogP contribution >= 0.6 is 0 Å². The molecule has 0 fully saturated rings. The minimum absolute atomic E-state index is 0.0114. The summed E-state index contributed by atoms with van der Waals surface area (Å²) in [4.78, 5) is 30.8. The van der Waals surface area contributed by atoms with Crippen molar-refractivity contribution in [3.05, 3.63) is 53.9 Å². The summed E-state index contributed by atoms with van der Waals surface area (Å²) in [5.74, 6) is 0.840. The van der Waals surface area contributed by atoms with Gasteiger partial charge >= 0.3 is 0 Å². The van der Waals surface area contributed by atoms with E-state index in [-0.39, 0.29) is 36.4 Å². The van der Waals surface area contributed by atoms with E-state index in [1.165, 1.54) is 0 Å². The van der Waals surface area contributed by atoms with Gasteiger partial charge in [0.05, 0.1) is 13.2 Å². The van der Waals surface area contributed by atoms with Crippen LogP contribution in [-0.2, 0) is 16.1 Å². The average Bonchev–Trinajstić information content (AvgIpc) is 3.30. The molecule has 0 radical (unpaired) electrons. The van der Waals surface area contributed by atoms with Crippen LogP contribution in [0.5, 0.6) is 5.75 Å². The van der Waals surface area contributed by atoms with Crippen molar-refractivity contribution in [1.82, 2.24) is 14.4 Å². The van der Waals surface area contributed by atoms with Gasteiger partial charge in [0, 0.05) is 36.9 Å². The van der Waals surface area contributed by atoms with E-state index in [1.54, 1.807) is 12.0 Å². The molecule has 0 aliphatic carbocycles. The SMILES string of the molecule is CCCCC(CC)C(=O)N(CC(=O)N1CCn2cccc2C1c1cccc(OC)c1)C(C)C. The molecule has 2 amide bonds. The summed E-state index contributed by atoms with van der Waals surface area (Å²) in [5, 5.41) is 0. The fraction of sp³-hybridized carbons (Fsp3) is 0.556. The molecule has 1 aliphatic heterocycles. The zero-order valence-electron chi connectivity index (χ0n) is 20.8. The van der Waals surface area contributed by atoms with Gasteiger partial charge in [0.15, 0.2) is 0 Å². The van der Waals surface area contributed by atoms with Crippen molar-refractivity contribution in [1.29, 1.82) is 0 Å². The molecule has 180 valence electrons. The van der Waals surface area contributed by atoms with Crippen LogP contribution in [0.25, 0.3) is 0 Å². The summed E-state index contributed by atoms with van der Waals surface area (Å²) in [7, 11) is 1.65. The summed E-state index contributed by atoms with van der Waals surface area (Å²) in [6, 6.07) is 11.8. The van der Waals surface area contributed by atoms with Gasteiger partial charge < -0.3 is 19.1 Å². The van der Waals surface area contributed by atoms with Gasteiger partial charge in [-0.2, -0.15) is 0 Å². The minimum Gasteiger partial charge on any atom is -0.497 e. The molecular formula is C27H39N3O3. The Labute approximate surface area is 198 Å². The topological polar surface area (TPSA) is 54.8 Å². The quantitative estimate of drug-likeness (QED) is 0.515. The molecule has 3 rings (SSSR count). The molecule has 2 unspecified atom stereocenters. The van der Waals surface area contributed by atoms with Crippen molar-refractivity contribution in [2.45, 2.75) is 72.0 Å². The molecule has 1 aromatic carbocycles. The molecule has 33 heavy (non-hydrogen) atoms. The Morgan fingerprint density at radius 2 is 1.94 bits per heavy atom. The van der Waals surface area contributed by atoms with Gasteiger partial charge in [0.1, 0.15) is 12.3 Å². The highest BCUT2D eigenvalue weighted by atomic mass is 16.5. The van der Waals surface area contributed by atoms with Gasteiger partial charge in [0.25, 0.3) is 0 Å². The lowest BCUT2D eigenvalue weighted by Crippen LogP contribution is -2.50. The Kier molecular flexibility index (Phi) is 8.59. The molecule has 0 saturated heterocycles. The van der Waals surface area contributed by atoms with Crippen LogP contribution in [0.15, 0.2) is 42.6 Å². The van der Waals surface area contributed by atoms with E-state index < -0.39 is 0 Å². The number of amides is 2. The maximum absolute atomic E-state index is 13.7. The minimum atomic E-state index is -0.206. The number of benzene rings is 1. The van der Waals surface area contributed by atoms with Gasteiger partial charge in [-0.15, -0.1) is 0 Å². The smallest absolute Gasteiger partial charge is 0.243 e. The Morgan fingerprint density at radius 3 is 2.61 bits per heavy atom. The Hall–Kier alpha value is -2.76. The van der Waals surface area contributed by atoms with E-state index in [9.17, 15) is 9.59 Å². The average molecular weight is 454 g/mol. The number of rotatable bonds is 10. The lowest BCUT2D eigenvalue weighted by molar-refractivity contribution is -0.146. The van der Waals surface area contributed by atoms with Crippen LogP contribution in [0.1, 0.15) is 70.7 Å². The zero-order chi connectivity index (χ0) is 24.0. The van der Waals surface area contributed by atoms with Crippen molar-refractivity contribution in [3.8, 4) is 5.75 Å². The molecule has 0 bridgehead atoms. The first-order valence-electron chi connectivity index (χ1n) is 12.3. The van der Waals surface area contributed by atoms with E-state index in [0.29, 0.717) is 6.54 Å². The van der Waals surface area contributed by atoms with Crippen LogP contribution in [0.4, 0.5) is 0 Å². The number of hydrogen-bond acceptors (Lipinski definition) is 3. The summed E-state index contributed by atoms with van der Waals surface area (Å²) in [6.45, 7) is 9.67. The first kappa shape index (κ1) is 24.9. The number of carbonyl (C=O) groups is 2. The van der Waals surface area contributed by atoms with Crippen molar-refractivity contribution in [3.63, 3.8) is 0 Å². The number of fused-ring (bicyclic) bond motifs is 1. The van der Waals surface area contributed by atoms with Crippen molar-refractivity contribution >= 4 is 11.8 Å². The summed E-state index contributed by atoms with van der Waals surface area (Å²) in [6.07, 6.45) is 5.85. The molecule has 0 spiro atoms. The van der Waals surface area contributed by atoms with E-state index in [4.69, 9.17) is 4.74 Å². The summed E-state index contributed by atoms with van der Waals surface area (Å²) in [5.41, 5.74) is 2.10. The third-order valence-corrected chi connectivity index (χ3v) is 6.73. The monoisotopic (exact) mass is 453 g/mol. The molecule has 1 aliphatic rings. The maximum atomic E-state index is 13.7. The molecule has 2 heterocycles. The summed E-state index contributed by atoms with van der Waals surface area (Å²) < 4.78 is 7.65. The molecule has 2 atom stereocenters. The van der Waals surface area contributed by atoms with E-state index in [1.807, 2.05) is 49.1 Å². The predicted molar refractivity (Wildman–Crippen MR) is 131 cm³/mol. The second-order valence-electron chi connectivity index (χ2n) is 9.20. The number of methoxy groups -OCH3 is 1. The van der Waals surface area contributed by atoms with Crippen LogP contribution in [0, 0.1) is 5.92 Å². The van der Waals surface area contributed by atoms with Crippen molar-refractivity contribution in [2.24, 2.45) is 5.92 Å². The zero-order valence-corrected chi connectivity index (χ0v) is 20.8. The molecule has 0 saturated carbocycles. The highest BCUT2D eigenvalue weighted by Gasteiger charge is 2.35. The molecule has 2 aromatic rings. The highest BCUT2D eigenvalue weighted by Crippen LogP contribution is 2.34. The second kappa shape index (κ2) is 11.4. The molecule has 6 nitrogen and oxygen atoms in total. The number of carbonyl (C=O) groups excluding carboxylic acids is 2. The molecule has 0 N–H and O–H groups in total. The van der Waals surface area contributed by atoms with Gasteiger partial charge in [-0.05, 0) is 56.5 Å². The van der Waals surface area contributed by atoms with Crippen LogP contribution in [0.2, 0.25) is 0 Å². The fourth-order valence-corrected chi connectivity index (χ4v) is 4.75. The second-order valence-corrected chi connectivity index (χ2v) is 9.20. The number of ether oxygens (including phenoxy) is 1. The largest absolute Gasteiger partial charge is 0.497 e. The number of unbranched alkanes of at least 4 members (excludes halogenated alkanes) is 1. The Bertz CT molecular complexity index is 936. The first-order valence-corrected chi connectivity index (χ1v) is 12.3. The lowest BCUT2D eigenvalue weighted by atomic mass is 9.96. The van der Waals surface area contributed by atoms with Gasteiger partial charge in [-0.1, -0.05) is 38.8 Å². The van der Waals surface area contributed by atoms with Gasteiger partial charge in [-0.25, -0.2) is 0 Å². The molecular weight excluding hydrogens is 414 g/mol. The van der Waals surface area contributed by atoms with Crippen molar-refractivity contribution < 1.29 is 14.3 Å². The maximum Gasteiger partial charge on any atom is 0.243 e. The lowest BCUT2D eigenvalue weighted by Gasteiger charge is -2.39. The first-order chi connectivity index (χ1) is 15.9. The Morgan fingerprint density at radius 1 is 1.15 bits per heavy atom. The van der Waals surface area contributed by atoms with E-state index in [0.717, 1.165) is 49.2 Å². The number of aromatic nitrogens is 1. The Balaban J connectivity index is 1.87. The van der Waals surface area contributed by atoms with Crippen molar-refractivity contribution in [2.75, 3.05) is 20.2 Å². The summed E-state index contributed by atoms with van der Waals surface area (Å²) >= 11 is 0. The van der Waals surface area contributed by atoms with Crippen LogP contribution in [0.3, 0.4) is 0 Å². The van der Waals surface area contributed by atoms with E-state index >= 15 is 0 Å². The highest BCUT2D eigenvalue weighted by molar-refractivity contribution is 5.86. The fourth-order valence-electron chi connectivity index (χ4n) is 4.75. The third-order valence-electron chi connectivity index (χ3n) is 6.73. The predicted octanol–water partition coefficient (Wildman–Crippen LogP) is 4.88. The van der Waals surface area contributed by atoms with Crippen LogP contribution < -0.4 is 4.74 Å².